The third-order valence-corrected chi connectivity index (χ3v) is 28.3. The zero-order valence-electron chi connectivity index (χ0n) is 76.0. The number of ether oxygens (including phenoxy) is 6. The number of likely N-dealkylation sites (tertiary alicyclic amines) is 4. The maximum Gasteiger partial charge on any atom is 0.222 e. The number of carbonyl (C=O) groups excluding carboxylic acids is 10. The molecule has 38 heteroatoms. The van der Waals surface area contributed by atoms with Gasteiger partial charge in [0.2, 0.25) is 59.1 Å². The Kier molecular flexibility index (Phi) is 46.6. The number of aliphatic hydroxyl groups is 11. The standard InChI is InChI=1S/C90H157N11O27/c1-60(107)96-77-83(121)80(118)66(54-103)127-86(77)124-51-19-12-22-69(110)93-41-15-4-8-25-73(114)99-46-31-63(32-47-99)90(35-28-71(112)95-43-17-6-10-27-75(116)101-56-88(57-101)36-38-89(58-105,59-106)39-37-88,62-29-44-98(45-30-62)72(113)24-7-3-14-40-92-68(109)21-11-18-50-123-85-76(91)82(120)79(117)65(53-102)126-85)64-33-48-100(49-34-64)74(115)26-9-5-16-42-94-70(111)23-13-20-52-125-87-78(97-61(2)108)84(122)81(119)67(55-104)128-87/h62-67,76-87,102-106,117-122H,3-59,91H2,1-2H3,(H,92,109)(H,93,110)(H,94,111)(H,95,112)(H,96,107)(H,97,108). The van der Waals surface area contributed by atoms with Crippen LogP contribution >= 0.6 is 0 Å². The van der Waals surface area contributed by atoms with Crippen molar-refractivity contribution in [1.82, 2.24) is 51.5 Å². The van der Waals surface area contributed by atoms with E-state index in [9.17, 15) is 104 Å². The van der Waals surface area contributed by atoms with Gasteiger partial charge < -0.3 is 142 Å². The number of amides is 10. The van der Waals surface area contributed by atoms with Gasteiger partial charge in [0.1, 0.15) is 67.0 Å². The Balaban J connectivity index is 0.833. The predicted molar refractivity (Wildman–Crippen MR) is 465 cm³/mol. The van der Waals surface area contributed by atoms with Gasteiger partial charge in [-0.2, -0.15) is 0 Å². The zero-order chi connectivity index (χ0) is 92.8. The molecule has 0 radical (unpaired) electrons. The normalized spacial score (nSPS) is 27.4. The number of hydrogen-bond acceptors (Lipinski definition) is 28. The number of piperidine rings is 3. The van der Waals surface area contributed by atoms with E-state index in [4.69, 9.17) is 34.2 Å². The molecule has 15 unspecified atom stereocenters. The third-order valence-electron chi connectivity index (χ3n) is 28.3. The van der Waals surface area contributed by atoms with Crippen molar-refractivity contribution in [2.24, 2.45) is 39.7 Å². The van der Waals surface area contributed by atoms with Crippen molar-refractivity contribution in [2.75, 3.05) is 131 Å². The molecule has 7 heterocycles. The van der Waals surface area contributed by atoms with Gasteiger partial charge in [-0.15, -0.1) is 0 Å². The van der Waals surface area contributed by atoms with Crippen molar-refractivity contribution in [3.63, 3.8) is 0 Å². The van der Waals surface area contributed by atoms with Gasteiger partial charge in [-0.1, -0.05) is 25.7 Å². The second-order valence-electron chi connectivity index (χ2n) is 37.4. The molecule has 0 aromatic heterocycles. The highest BCUT2D eigenvalue weighted by molar-refractivity contribution is 5.79. The number of nitrogens with two attached hydrogens (primary N) is 1. The van der Waals surface area contributed by atoms with E-state index < -0.39 is 134 Å². The molecular weight excluding hydrogens is 1670 g/mol. The molecule has 8 aliphatic rings. The van der Waals surface area contributed by atoms with Crippen molar-refractivity contribution in [3.05, 3.63) is 0 Å². The van der Waals surface area contributed by atoms with E-state index in [2.05, 4.69) is 31.9 Å². The summed E-state index contributed by atoms with van der Waals surface area (Å²) in [5.41, 5.74) is 5.20. The van der Waals surface area contributed by atoms with Crippen LogP contribution in [0, 0.1) is 34.0 Å². The van der Waals surface area contributed by atoms with Crippen LogP contribution in [0.3, 0.4) is 0 Å². The van der Waals surface area contributed by atoms with Crippen LogP contribution < -0.4 is 37.6 Å². The Morgan fingerprint density at radius 1 is 0.367 bits per heavy atom. The molecule has 19 N–H and O–H groups in total. The second-order valence-corrected chi connectivity index (χ2v) is 37.4. The van der Waals surface area contributed by atoms with E-state index in [0.717, 1.165) is 51.4 Å². The fourth-order valence-corrected chi connectivity index (χ4v) is 20.3. The lowest BCUT2D eigenvalue weighted by molar-refractivity contribution is -0.270. The van der Waals surface area contributed by atoms with Gasteiger partial charge in [-0.05, 0) is 184 Å². The van der Waals surface area contributed by atoms with Crippen LogP contribution in [0.1, 0.15) is 251 Å². The van der Waals surface area contributed by atoms with Gasteiger partial charge >= 0.3 is 0 Å². The van der Waals surface area contributed by atoms with E-state index in [1.54, 1.807) is 0 Å². The van der Waals surface area contributed by atoms with Crippen molar-refractivity contribution >= 4 is 59.1 Å². The minimum atomic E-state index is -1.44. The van der Waals surface area contributed by atoms with Crippen molar-refractivity contribution < 1.29 is 133 Å². The first-order chi connectivity index (χ1) is 61.5. The fraction of sp³-hybridized carbons (Fsp3) is 0.889. The largest absolute Gasteiger partial charge is 0.396 e. The molecule has 128 heavy (non-hydrogen) atoms. The molecule has 7 aliphatic heterocycles. The average Bonchev–Trinajstić information content (AvgIpc) is 0.765. The van der Waals surface area contributed by atoms with Gasteiger partial charge in [0.15, 0.2) is 18.9 Å². The summed E-state index contributed by atoms with van der Waals surface area (Å²) in [5.74, 6) is -0.757. The highest BCUT2D eigenvalue weighted by Crippen LogP contribution is 2.57. The first-order valence-corrected chi connectivity index (χ1v) is 48.0. The first kappa shape index (κ1) is 107. The maximum atomic E-state index is 14.4. The molecule has 0 aromatic rings. The summed E-state index contributed by atoms with van der Waals surface area (Å²) < 4.78 is 34.0. The summed E-state index contributed by atoms with van der Waals surface area (Å²) in [5, 5.41) is 128. The lowest BCUT2D eigenvalue weighted by atomic mass is 9.51. The highest BCUT2D eigenvalue weighted by atomic mass is 16.7. The van der Waals surface area contributed by atoms with Crippen LogP contribution in [0.25, 0.3) is 0 Å². The molecule has 8 rings (SSSR count). The lowest BCUT2D eigenvalue weighted by Gasteiger charge is -2.57. The number of unbranched alkanes of at least 4 members (excludes halogenated alkanes) is 11. The number of nitrogens with one attached hydrogen (secondary N) is 6. The third kappa shape index (κ3) is 32.7. The molecule has 1 aliphatic carbocycles. The van der Waals surface area contributed by atoms with Crippen LogP contribution in [0.15, 0.2) is 0 Å². The number of rotatable bonds is 55. The zero-order valence-corrected chi connectivity index (χ0v) is 76.0. The van der Waals surface area contributed by atoms with E-state index >= 15 is 0 Å². The Labute approximate surface area is 754 Å². The van der Waals surface area contributed by atoms with Crippen LogP contribution in [-0.4, -0.2) is 358 Å². The average molecular weight is 1830 g/mol. The minimum Gasteiger partial charge on any atom is -0.396 e. The summed E-state index contributed by atoms with van der Waals surface area (Å²) in [6.07, 6.45) is 6.71. The Morgan fingerprint density at radius 2 is 0.664 bits per heavy atom. The van der Waals surface area contributed by atoms with E-state index in [0.29, 0.717) is 239 Å². The number of nitrogens with zero attached hydrogens (tertiary/aromatic N) is 4. The second kappa shape index (κ2) is 55.6. The van der Waals surface area contributed by atoms with Crippen molar-refractivity contribution in [2.45, 2.75) is 343 Å². The van der Waals surface area contributed by atoms with Gasteiger partial charge in [0.25, 0.3) is 0 Å². The summed E-state index contributed by atoms with van der Waals surface area (Å²) in [6.45, 7) is 7.63. The monoisotopic (exact) mass is 1820 g/mol. The molecule has 38 nitrogen and oxygen atoms in total. The van der Waals surface area contributed by atoms with E-state index in [-0.39, 0.29) is 129 Å². The molecule has 15 atom stereocenters. The SMILES string of the molecule is CC(=O)NC1C(OCCCCC(=O)NCCCCCC(=O)N2CCC(C(CCC(=O)NCCCCCC(=O)N3CC4(CCC(CO)(CO)CC4)C3)(C3CCN(C(=O)CCCCCNC(=O)CCCCOC4OC(CO)C(O)C(O)C4N)CC3)C3CCN(C(=O)CCCCCNC(=O)CCCCOC4OC(CO)C(O)C(O)C4NC(C)=O)CC3)CC2)OC(CO)C(O)C1O. The topological polar surface area (TPSA) is 560 Å². The number of aliphatic hydroxyl groups excluding tert-OH is 11. The molecule has 1 spiro atoms. The molecule has 0 aromatic carbocycles. The number of hydrogen-bond donors (Lipinski definition) is 18. The molecule has 1 saturated carbocycles. The summed E-state index contributed by atoms with van der Waals surface area (Å²) in [4.78, 5) is 140. The van der Waals surface area contributed by atoms with Gasteiger partial charge in [-0.3, -0.25) is 47.9 Å². The molecule has 8 fully saturated rings. The molecule has 734 valence electrons. The number of carbonyl (C=O) groups is 10. The fourth-order valence-electron chi connectivity index (χ4n) is 20.3. The molecule has 0 bridgehead atoms. The van der Waals surface area contributed by atoms with Crippen molar-refractivity contribution in [1.29, 1.82) is 0 Å². The molecule has 7 saturated heterocycles. The summed E-state index contributed by atoms with van der Waals surface area (Å²) >= 11 is 0. The van der Waals surface area contributed by atoms with Crippen molar-refractivity contribution in [3.8, 4) is 0 Å². The smallest absolute Gasteiger partial charge is 0.222 e. The van der Waals surface area contributed by atoms with Gasteiger partial charge in [0.05, 0.1) is 39.1 Å². The Bertz CT molecular complexity index is 3220. The maximum absolute atomic E-state index is 14.4. The summed E-state index contributed by atoms with van der Waals surface area (Å²) in [7, 11) is 0. The molecule has 10 amide bonds. The van der Waals surface area contributed by atoms with Crippen LogP contribution in [0.5, 0.6) is 0 Å². The summed E-state index contributed by atoms with van der Waals surface area (Å²) in [6, 6.07) is -3.14. The van der Waals surface area contributed by atoms with E-state index in [1.165, 1.54) is 13.8 Å². The predicted octanol–water partition coefficient (Wildman–Crippen LogP) is -0.237. The minimum absolute atomic E-state index is 0.0377. The Morgan fingerprint density at radius 3 is 0.984 bits per heavy atom. The van der Waals surface area contributed by atoms with Crippen LogP contribution in [0.4, 0.5) is 0 Å². The quantitative estimate of drug-likeness (QED) is 0.0350. The van der Waals surface area contributed by atoms with Crippen LogP contribution in [0.2, 0.25) is 0 Å². The highest BCUT2D eigenvalue weighted by Gasteiger charge is 2.55. The first-order valence-electron chi connectivity index (χ1n) is 48.0. The molecular formula is C90H157N11O27. The van der Waals surface area contributed by atoms with Crippen LogP contribution in [-0.2, 0) is 76.4 Å². The Hall–Kier alpha value is -6.02. The van der Waals surface area contributed by atoms with Gasteiger partial charge in [0, 0.05) is 174 Å². The van der Waals surface area contributed by atoms with Gasteiger partial charge in [-0.25, -0.2) is 0 Å². The lowest BCUT2D eigenvalue weighted by Crippen LogP contribution is -2.64. The van der Waals surface area contributed by atoms with E-state index in [1.807, 2.05) is 19.6 Å².